The summed E-state index contributed by atoms with van der Waals surface area (Å²) in [6.07, 6.45) is 1.45. The molecular formula is C20H19N3O5. The highest BCUT2D eigenvalue weighted by atomic mass is 16.6. The van der Waals surface area contributed by atoms with Crippen molar-refractivity contribution in [2.45, 2.75) is 6.61 Å². The van der Waals surface area contributed by atoms with E-state index in [-0.39, 0.29) is 17.9 Å². The molecule has 0 atom stereocenters. The molecule has 8 nitrogen and oxygen atoms in total. The van der Waals surface area contributed by atoms with Gasteiger partial charge in [0.2, 0.25) is 0 Å². The maximum Gasteiger partial charge on any atom is 0.269 e. The summed E-state index contributed by atoms with van der Waals surface area (Å²) < 4.78 is 10.6. The molecule has 0 fully saturated rings. The van der Waals surface area contributed by atoms with Gasteiger partial charge in [0, 0.05) is 31.4 Å². The fourth-order valence-electron chi connectivity index (χ4n) is 2.27. The van der Waals surface area contributed by atoms with Gasteiger partial charge in [-0.1, -0.05) is 18.2 Å². The van der Waals surface area contributed by atoms with E-state index in [2.05, 4.69) is 5.32 Å². The Morgan fingerprint density at radius 2 is 1.96 bits per heavy atom. The SMILES string of the molecule is COCCNC(=O)/C(C#N)=C/c1ccccc1OCc1ccc([N+](=O)[O-])cc1. The van der Waals surface area contributed by atoms with Gasteiger partial charge >= 0.3 is 0 Å². The zero-order chi connectivity index (χ0) is 20.4. The average Bonchev–Trinajstić information content (AvgIpc) is 2.71. The van der Waals surface area contributed by atoms with Crippen LogP contribution in [-0.4, -0.2) is 31.1 Å². The molecule has 0 heterocycles. The lowest BCUT2D eigenvalue weighted by Gasteiger charge is -2.10. The summed E-state index contributed by atoms with van der Waals surface area (Å²) in [5, 5.41) is 22.6. The fraction of sp³-hybridized carbons (Fsp3) is 0.200. The van der Waals surface area contributed by atoms with Crippen LogP contribution >= 0.6 is 0 Å². The van der Waals surface area contributed by atoms with E-state index in [4.69, 9.17) is 9.47 Å². The van der Waals surface area contributed by atoms with Crippen molar-refractivity contribution in [2.24, 2.45) is 0 Å². The van der Waals surface area contributed by atoms with E-state index in [0.717, 1.165) is 5.56 Å². The molecule has 0 radical (unpaired) electrons. The molecule has 1 amide bonds. The molecule has 0 saturated carbocycles. The number of ether oxygens (including phenoxy) is 2. The van der Waals surface area contributed by atoms with Crippen molar-refractivity contribution >= 4 is 17.7 Å². The number of para-hydroxylation sites is 1. The predicted octanol–water partition coefficient (Wildman–Crippen LogP) is 2.84. The Kier molecular flexibility index (Phi) is 7.69. The first-order valence-electron chi connectivity index (χ1n) is 8.39. The molecule has 28 heavy (non-hydrogen) atoms. The highest BCUT2D eigenvalue weighted by Crippen LogP contribution is 2.22. The number of hydrogen-bond acceptors (Lipinski definition) is 6. The van der Waals surface area contributed by atoms with Crippen molar-refractivity contribution in [3.63, 3.8) is 0 Å². The van der Waals surface area contributed by atoms with E-state index < -0.39 is 10.8 Å². The summed E-state index contributed by atoms with van der Waals surface area (Å²) in [6, 6.07) is 14.9. The Hall–Kier alpha value is -3.70. The van der Waals surface area contributed by atoms with E-state index in [1.807, 2.05) is 6.07 Å². The third kappa shape index (κ3) is 5.93. The molecule has 2 rings (SSSR count). The van der Waals surface area contributed by atoms with Crippen molar-refractivity contribution in [3.8, 4) is 11.8 Å². The highest BCUT2D eigenvalue weighted by molar-refractivity contribution is 6.01. The van der Waals surface area contributed by atoms with Crippen LogP contribution in [0.5, 0.6) is 5.75 Å². The van der Waals surface area contributed by atoms with Crippen molar-refractivity contribution < 1.29 is 19.2 Å². The van der Waals surface area contributed by atoms with Gasteiger partial charge in [0.05, 0.1) is 11.5 Å². The number of nitro groups is 1. The Bertz CT molecular complexity index is 901. The monoisotopic (exact) mass is 381 g/mol. The van der Waals surface area contributed by atoms with Crippen molar-refractivity contribution in [1.82, 2.24) is 5.32 Å². The van der Waals surface area contributed by atoms with E-state index in [1.165, 1.54) is 25.3 Å². The van der Waals surface area contributed by atoms with E-state index in [9.17, 15) is 20.2 Å². The molecule has 0 bridgehead atoms. The van der Waals surface area contributed by atoms with Gasteiger partial charge in [-0.25, -0.2) is 0 Å². The van der Waals surface area contributed by atoms with E-state index in [1.54, 1.807) is 36.4 Å². The third-order valence-corrected chi connectivity index (χ3v) is 3.72. The number of nitriles is 1. The number of hydrogen-bond donors (Lipinski definition) is 1. The molecule has 0 aromatic heterocycles. The lowest BCUT2D eigenvalue weighted by molar-refractivity contribution is -0.384. The quantitative estimate of drug-likeness (QED) is 0.235. The standard InChI is InChI=1S/C20H19N3O5/c1-27-11-10-22-20(24)17(13-21)12-16-4-2-3-5-19(16)28-14-15-6-8-18(9-7-15)23(25)26/h2-9,12H,10-11,14H2,1H3,(H,22,24)/b17-12+. The smallest absolute Gasteiger partial charge is 0.269 e. The summed E-state index contributed by atoms with van der Waals surface area (Å²) in [5.74, 6) is -0.0111. The molecule has 144 valence electrons. The maximum atomic E-state index is 12.1. The number of non-ortho nitro benzene ring substituents is 1. The average molecular weight is 381 g/mol. The Balaban J connectivity index is 2.12. The number of methoxy groups -OCH3 is 1. The van der Waals surface area contributed by atoms with Gasteiger partial charge < -0.3 is 14.8 Å². The number of amides is 1. The summed E-state index contributed by atoms with van der Waals surface area (Å²) in [6.45, 7) is 0.830. The number of nitrogens with zero attached hydrogens (tertiary/aromatic N) is 2. The van der Waals surface area contributed by atoms with E-state index >= 15 is 0 Å². The molecule has 2 aromatic carbocycles. The fourth-order valence-corrected chi connectivity index (χ4v) is 2.27. The minimum Gasteiger partial charge on any atom is -0.488 e. The van der Waals surface area contributed by atoms with Gasteiger partial charge in [-0.3, -0.25) is 14.9 Å². The van der Waals surface area contributed by atoms with Gasteiger partial charge in [0.1, 0.15) is 24.0 Å². The van der Waals surface area contributed by atoms with Crippen LogP contribution in [-0.2, 0) is 16.1 Å². The van der Waals surface area contributed by atoms with Gasteiger partial charge in [-0.2, -0.15) is 5.26 Å². The molecule has 2 aromatic rings. The summed E-state index contributed by atoms with van der Waals surface area (Å²) in [4.78, 5) is 22.3. The lowest BCUT2D eigenvalue weighted by atomic mass is 10.1. The third-order valence-electron chi connectivity index (χ3n) is 3.72. The largest absolute Gasteiger partial charge is 0.488 e. The molecule has 1 N–H and O–H groups in total. The van der Waals surface area contributed by atoms with Crippen LogP contribution in [0.15, 0.2) is 54.1 Å². The normalized spacial score (nSPS) is 10.8. The number of carbonyl (C=O) groups excluding carboxylic acids is 1. The predicted molar refractivity (Wildman–Crippen MR) is 102 cm³/mol. The number of nitrogens with one attached hydrogen (secondary N) is 1. The van der Waals surface area contributed by atoms with Gasteiger partial charge in [-0.05, 0) is 29.8 Å². The minimum atomic E-state index is -0.496. The maximum absolute atomic E-state index is 12.1. The van der Waals surface area contributed by atoms with Crippen LogP contribution in [0.1, 0.15) is 11.1 Å². The number of benzene rings is 2. The molecule has 0 saturated heterocycles. The Labute approximate surface area is 162 Å². The second kappa shape index (κ2) is 10.4. The van der Waals surface area contributed by atoms with Crippen molar-refractivity contribution in [1.29, 1.82) is 5.26 Å². The zero-order valence-electron chi connectivity index (χ0n) is 15.3. The van der Waals surface area contributed by atoms with Gasteiger partial charge in [0.15, 0.2) is 0 Å². The van der Waals surface area contributed by atoms with Crippen LogP contribution in [0.4, 0.5) is 5.69 Å². The Morgan fingerprint density at radius 3 is 2.61 bits per heavy atom. The van der Waals surface area contributed by atoms with Crippen LogP contribution in [0, 0.1) is 21.4 Å². The van der Waals surface area contributed by atoms with Crippen LogP contribution < -0.4 is 10.1 Å². The molecule has 0 spiro atoms. The molecular weight excluding hydrogens is 362 g/mol. The second-order valence-electron chi connectivity index (χ2n) is 5.67. The van der Waals surface area contributed by atoms with E-state index in [0.29, 0.717) is 24.5 Å². The van der Waals surface area contributed by atoms with Crippen LogP contribution in [0.25, 0.3) is 6.08 Å². The molecule has 8 heteroatoms. The number of carbonyl (C=O) groups is 1. The zero-order valence-corrected chi connectivity index (χ0v) is 15.3. The summed E-state index contributed by atoms with van der Waals surface area (Å²) in [5.41, 5.74) is 1.28. The first-order valence-corrected chi connectivity index (χ1v) is 8.39. The van der Waals surface area contributed by atoms with Crippen LogP contribution in [0.2, 0.25) is 0 Å². The topological polar surface area (TPSA) is 114 Å². The van der Waals surface area contributed by atoms with Gasteiger partial charge in [0.25, 0.3) is 11.6 Å². The Morgan fingerprint density at radius 1 is 1.25 bits per heavy atom. The number of nitro benzene ring substituents is 1. The molecule has 0 aliphatic rings. The van der Waals surface area contributed by atoms with Crippen LogP contribution in [0.3, 0.4) is 0 Å². The number of rotatable bonds is 9. The molecule has 0 aliphatic heterocycles. The summed E-state index contributed by atoms with van der Waals surface area (Å²) in [7, 11) is 1.52. The minimum absolute atomic E-state index is 0.00484. The lowest BCUT2D eigenvalue weighted by Crippen LogP contribution is -2.27. The first kappa shape index (κ1) is 20.6. The van der Waals surface area contributed by atoms with Crippen molar-refractivity contribution in [2.75, 3.05) is 20.3 Å². The second-order valence-corrected chi connectivity index (χ2v) is 5.67. The van der Waals surface area contributed by atoms with Crippen molar-refractivity contribution in [3.05, 3.63) is 75.3 Å². The van der Waals surface area contributed by atoms with Gasteiger partial charge in [-0.15, -0.1) is 0 Å². The molecule has 0 aliphatic carbocycles. The first-order chi connectivity index (χ1) is 13.5. The summed E-state index contributed by atoms with van der Waals surface area (Å²) >= 11 is 0. The highest BCUT2D eigenvalue weighted by Gasteiger charge is 2.11. The molecule has 0 unspecified atom stereocenters.